The maximum Gasteiger partial charge on any atom is 0.229 e. The second-order valence-corrected chi connectivity index (χ2v) is 12.2. The largest absolute Gasteiger partial charge is 0.353 e. The molecule has 1 aromatic heterocycles. The Morgan fingerprint density at radius 2 is 1.86 bits per heavy atom. The number of hydrogen-bond acceptors (Lipinski definition) is 7. The topological polar surface area (TPSA) is 68.2 Å². The van der Waals surface area contributed by atoms with Crippen LogP contribution in [0, 0.1) is 24.6 Å². The van der Waals surface area contributed by atoms with Crippen LogP contribution in [0.4, 0.5) is 26.5 Å². The number of fused-ring (bicyclic) bond motifs is 2. The second kappa shape index (κ2) is 10.2. The van der Waals surface area contributed by atoms with Gasteiger partial charge in [0.1, 0.15) is 16.7 Å². The SMILES string of the molecule is Cc1cc2c(s1)N(CC#Cc1cc(F)ccc1NS(C)(=O)=O)c1ccccc1N=C2N1CCN(C)CC1. The van der Waals surface area contributed by atoms with Crippen LogP contribution in [0.2, 0.25) is 0 Å². The number of halogens is 1. The summed E-state index contributed by atoms with van der Waals surface area (Å²) in [5.74, 6) is 6.63. The fourth-order valence-electron chi connectivity index (χ4n) is 4.47. The molecule has 0 atom stereocenters. The minimum absolute atomic E-state index is 0.251. The van der Waals surface area contributed by atoms with Gasteiger partial charge in [0.25, 0.3) is 0 Å². The van der Waals surface area contributed by atoms with Gasteiger partial charge in [-0.15, -0.1) is 11.3 Å². The summed E-state index contributed by atoms with van der Waals surface area (Å²) in [6.07, 6.45) is 1.06. The van der Waals surface area contributed by atoms with Gasteiger partial charge in [0.05, 0.1) is 41.0 Å². The second-order valence-electron chi connectivity index (χ2n) is 9.24. The molecule has 2 aromatic carbocycles. The highest BCUT2D eigenvalue weighted by atomic mass is 32.2. The third-order valence-corrected chi connectivity index (χ3v) is 7.92. The molecule has 3 heterocycles. The monoisotopic (exact) mass is 537 g/mol. The number of thiophene rings is 1. The number of rotatable bonds is 3. The van der Waals surface area contributed by atoms with Crippen LogP contribution in [-0.2, 0) is 10.0 Å². The molecule has 192 valence electrons. The quantitative estimate of drug-likeness (QED) is 0.502. The van der Waals surface area contributed by atoms with Crippen LogP contribution in [0.15, 0.2) is 53.5 Å². The first-order chi connectivity index (χ1) is 17.7. The van der Waals surface area contributed by atoms with E-state index in [4.69, 9.17) is 4.99 Å². The van der Waals surface area contributed by atoms with Crippen LogP contribution < -0.4 is 9.62 Å². The summed E-state index contributed by atoms with van der Waals surface area (Å²) in [5.41, 5.74) is 3.42. The van der Waals surface area contributed by atoms with Crippen LogP contribution in [-0.4, -0.2) is 70.1 Å². The number of aliphatic imine (C=N–C) groups is 1. The standard InChI is InChI=1S/C27H28FN5O2S2/c1-19-17-22-26(32-15-13-31(2)14-16-32)29-24-8-4-5-9-25(24)33(27(22)36-19)12-6-7-20-18-21(28)10-11-23(20)30-37(3,34)35/h4-5,8-11,17-18,30H,12-16H2,1-3H3. The van der Waals surface area contributed by atoms with E-state index < -0.39 is 15.8 Å². The first kappa shape index (κ1) is 25.3. The van der Waals surface area contributed by atoms with Crippen molar-refractivity contribution in [1.82, 2.24) is 9.80 Å². The van der Waals surface area contributed by atoms with Crippen molar-refractivity contribution in [3.05, 3.63) is 70.4 Å². The summed E-state index contributed by atoms with van der Waals surface area (Å²) in [4.78, 5) is 13.1. The Kier molecular flexibility index (Phi) is 6.94. The summed E-state index contributed by atoms with van der Waals surface area (Å²) in [7, 11) is -1.40. The van der Waals surface area contributed by atoms with Gasteiger partial charge in [-0.3, -0.25) is 4.72 Å². The summed E-state index contributed by atoms with van der Waals surface area (Å²) in [5, 5.41) is 1.06. The minimum atomic E-state index is -3.53. The highest BCUT2D eigenvalue weighted by Crippen LogP contribution is 2.43. The molecule has 0 bridgehead atoms. The lowest BCUT2D eigenvalue weighted by Crippen LogP contribution is -2.47. The minimum Gasteiger partial charge on any atom is -0.353 e. The molecular weight excluding hydrogens is 509 g/mol. The van der Waals surface area contributed by atoms with Crippen LogP contribution in [0.5, 0.6) is 0 Å². The Balaban J connectivity index is 1.54. The van der Waals surface area contributed by atoms with E-state index in [0.717, 1.165) is 60.2 Å². The van der Waals surface area contributed by atoms with E-state index in [9.17, 15) is 12.8 Å². The molecule has 0 unspecified atom stereocenters. The molecule has 2 aliphatic rings. The summed E-state index contributed by atoms with van der Waals surface area (Å²) in [6.45, 7) is 6.18. The van der Waals surface area contributed by atoms with E-state index in [-0.39, 0.29) is 11.3 Å². The van der Waals surface area contributed by atoms with Crippen LogP contribution >= 0.6 is 11.3 Å². The van der Waals surface area contributed by atoms with Crippen molar-refractivity contribution in [1.29, 1.82) is 0 Å². The molecule has 1 saturated heterocycles. The average molecular weight is 538 g/mol. The number of aryl methyl sites for hydroxylation is 1. The number of likely N-dealkylation sites (N-methyl/N-ethyl adjacent to an activating group) is 1. The molecule has 7 nitrogen and oxygen atoms in total. The third kappa shape index (κ3) is 5.64. The van der Waals surface area contributed by atoms with E-state index in [1.807, 2.05) is 24.3 Å². The van der Waals surface area contributed by atoms with Crippen LogP contribution in [0.3, 0.4) is 0 Å². The van der Waals surface area contributed by atoms with E-state index in [1.165, 1.54) is 23.1 Å². The Hall–Kier alpha value is -3.39. The number of sulfonamides is 1. The molecule has 2 aliphatic heterocycles. The summed E-state index contributed by atoms with van der Waals surface area (Å²) < 4.78 is 39.9. The molecule has 10 heteroatoms. The fraction of sp³-hybridized carbons (Fsp3) is 0.296. The van der Waals surface area contributed by atoms with Crippen molar-refractivity contribution in [3.8, 4) is 11.8 Å². The number of nitrogens with one attached hydrogen (secondary N) is 1. The van der Waals surface area contributed by atoms with Crippen molar-refractivity contribution in [2.24, 2.45) is 4.99 Å². The molecule has 37 heavy (non-hydrogen) atoms. The van der Waals surface area contributed by atoms with Crippen molar-refractivity contribution in [3.63, 3.8) is 0 Å². The zero-order valence-corrected chi connectivity index (χ0v) is 22.6. The smallest absolute Gasteiger partial charge is 0.229 e. The number of amidine groups is 1. The Morgan fingerprint density at radius 1 is 1.11 bits per heavy atom. The molecule has 1 fully saturated rings. The van der Waals surface area contributed by atoms with Gasteiger partial charge in [0.15, 0.2) is 0 Å². The molecule has 0 saturated carbocycles. The van der Waals surface area contributed by atoms with Gasteiger partial charge in [0, 0.05) is 31.1 Å². The molecule has 0 amide bonds. The molecule has 1 N–H and O–H groups in total. The number of piperazine rings is 1. The van der Waals surface area contributed by atoms with E-state index in [2.05, 4.69) is 51.3 Å². The van der Waals surface area contributed by atoms with Gasteiger partial charge in [-0.25, -0.2) is 17.8 Å². The fourth-order valence-corrected chi connectivity index (χ4v) is 6.06. The molecular formula is C27H28FN5O2S2. The highest BCUT2D eigenvalue weighted by Gasteiger charge is 2.29. The molecule has 0 aliphatic carbocycles. The molecule has 5 rings (SSSR count). The van der Waals surface area contributed by atoms with E-state index in [0.29, 0.717) is 6.54 Å². The predicted octanol–water partition coefficient (Wildman–Crippen LogP) is 4.40. The Bertz CT molecular complexity index is 1530. The zero-order valence-electron chi connectivity index (χ0n) is 21.0. The van der Waals surface area contributed by atoms with E-state index in [1.54, 1.807) is 11.3 Å². The van der Waals surface area contributed by atoms with Crippen molar-refractivity contribution in [2.75, 3.05) is 55.6 Å². The van der Waals surface area contributed by atoms with Crippen LogP contribution in [0.1, 0.15) is 16.0 Å². The maximum atomic E-state index is 14.0. The van der Waals surface area contributed by atoms with Gasteiger partial charge in [-0.2, -0.15) is 0 Å². The lowest BCUT2D eigenvalue weighted by atomic mass is 10.2. The normalized spacial score (nSPS) is 15.7. The van der Waals surface area contributed by atoms with Crippen molar-refractivity contribution < 1.29 is 12.8 Å². The van der Waals surface area contributed by atoms with Gasteiger partial charge in [0.2, 0.25) is 10.0 Å². The van der Waals surface area contributed by atoms with Gasteiger partial charge < -0.3 is 14.7 Å². The molecule has 0 radical (unpaired) electrons. The molecule has 0 spiro atoms. The summed E-state index contributed by atoms with van der Waals surface area (Å²) in [6, 6.07) is 14.0. The van der Waals surface area contributed by atoms with Crippen molar-refractivity contribution in [2.45, 2.75) is 6.92 Å². The lowest BCUT2D eigenvalue weighted by Gasteiger charge is -2.34. The first-order valence-corrected chi connectivity index (χ1v) is 14.6. The van der Waals surface area contributed by atoms with E-state index >= 15 is 0 Å². The zero-order chi connectivity index (χ0) is 26.2. The van der Waals surface area contributed by atoms with Crippen LogP contribution in [0.25, 0.3) is 0 Å². The van der Waals surface area contributed by atoms with Gasteiger partial charge >= 0.3 is 0 Å². The number of anilines is 3. The van der Waals surface area contributed by atoms with Crippen molar-refractivity contribution >= 4 is 49.3 Å². The predicted molar refractivity (Wildman–Crippen MR) is 150 cm³/mol. The number of nitrogens with zero attached hydrogens (tertiary/aromatic N) is 4. The number of para-hydroxylation sites is 2. The Labute approximate surface area is 221 Å². The maximum absolute atomic E-state index is 14.0. The lowest BCUT2D eigenvalue weighted by molar-refractivity contribution is 0.216. The number of hydrogen-bond donors (Lipinski definition) is 1. The number of benzene rings is 2. The third-order valence-electron chi connectivity index (χ3n) is 6.26. The summed E-state index contributed by atoms with van der Waals surface area (Å²) >= 11 is 1.69. The first-order valence-electron chi connectivity index (χ1n) is 11.9. The Morgan fingerprint density at radius 3 is 2.62 bits per heavy atom. The van der Waals surface area contributed by atoms with Gasteiger partial charge in [-0.1, -0.05) is 24.0 Å². The average Bonchev–Trinajstić information content (AvgIpc) is 3.17. The highest BCUT2D eigenvalue weighted by molar-refractivity contribution is 7.92. The molecule has 3 aromatic rings. The van der Waals surface area contributed by atoms with Gasteiger partial charge in [-0.05, 0) is 50.4 Å².